The Kier molecular flexibility index (Phi) is 4.65. The highest BCUT2D eigenvalue weighted by molar-refractivity contribution is 6.32. The summed E-state index contributed by atoms with van der Waals surface area (Å²) >= 11 is 6.20. The fraction of sp³-hybridized carbons (Fsp3) is 0.333. The molecule has 112 valence electrons. The number of aromatic nitrogens is 2. The third kappa shape index (κ3) is 3.09. The van der Waals surface area contributed by atoms with E-state index in [1.165, 1.54) is 7.11 Å². The van der Waals surface area contributed by atoms with Gasteiger partial charge in [-0.05, 0) is 31.0 Å². The van der Waals surface area contributed by atoms with Crippen molar-refractivity contribution in [2.45, 2.75) is 20.5 Å². The molecule has 0 spiro atoms. The zero-order valence-corrected chi connectivity index (χ0v) is 13.2. The summed E-state index contributed by atoms with van der Waals surface area (Å²) in [4.78, 5) is 19.2. The molecule has 1 N–H and O–H groups in total. The first-order valence-corrected chi connectivity index (χ1v) is 6.79. The van der Waals surface area contributed by atoms with Gasteiger partial charge >= 0.3 is 5.97 Å². The van der Waals surface area contributed by atoms with Gasteiger partial charge in [0.1, 0.15) is 23.3 Å². The van der Waals surface area contributed by atoms with E-state index in [4.69, 9.17) is 21.1 Å². The molecular formula is C15H17ClN2O3. The van der Waals surface area contributed by atoms with Crippen LogP contribution in [0, 0.1) is 13.8 Å². The molecule has 0 saturated heterocycles. The number of H-pyrrole nitrogens is 1. The SMILES string of the molecule is COCc1nc(-c2cc(C(=O)OC)c(C)cc2C)c(Cl)[nH]1. The molecule has 0 aliphatic carbocycles. The van der Waals surface area contributed by atoms with Crippen LogP contribution in [0.3, 0.4) is 0 Å². The van der Waals surface area contributed by atoms with Crippen LogP contribution in [0.2, 0.25) is 5.15 Å². The van der Waals surface area contributed by atoms with Crippen LogP contribution in [0.5, 0.6) is 0 Å². The Balaban J connectivity index is 2.55. The van der Waals surface area contributed by atoms with Crippen molar-refractivity contribution < 1.29 is 14.3 Å². The normalized spacial score (nSPS) is 10.7. The topological polar surface area (TPSA) is 64.2 Å². The van der Waals surface area contributed by atoms with Crippen molar-refractivity contribution >= 4 is 17.6 Å². The van der Waals surface area contributed by atoms with Crippen LogP contribution < -0.4 is 0 Å². The molecule has 0 atom stereocenters. The second-order valence-corrected chi connectivity index (χ2v) is 5.13. The van der Waals surface area contributed by atoms with E-state index in [0.717, 1.165) is 16.7 Å². The van der Waals surface area contributed by atoms with Crippen LogP contribution in [-0.2, 0) is 16.1 Å². The number of imidazole rings is 1. The summed E-state index contributed by atoms with van der Waals surface area (Å²) in [5.41, 5.74) is 3.74. The molecule has 6 heteroatoms. The van der Waals surface area contributed by atoms with Gasteiger partial charge in [-0.3, -0.25) is 0 Å². The van der Waals surface area contributed by atoms with E-state index in [9.17, 15) is 4.79 Å². The zero-order chi connectivity index (χ0) is 15.6. The predicted octanol–water partition coefficient (Wildman–Crippen LogP) is 3.28. The molecule has 0 aliphatic rings. The van der Waals surface area contributed by atoms with Crippen LogP contribution in [-0.4, -0.2) is 30.2 Å². The number of carbonyl (C=O) groups excluding carboxylic acids is 1. The van der Waals surface area contributed by atoms with Gasteiger partial charge in [0.2, 0.25) is 0 Å². The molecule has 0 unspecified atom stereocenters. The van der Waals surface area contributed by atoms with E-state index in [1.807, 2.05) is 19.9 Å². The molecule has 0 aliphatic heterocycles. The smallest absolute Gasteiger partial charge is 0.338 e. The van der Waals surface area contributed by atoms with Gasteiger partial charge in [0.25, 0.3) is 0 Å². The van der Waals surface area contributed by atoms with E-state index in [0.29, 0.717) is 28.8 Å². The molecule has 1 aromatic carbocycles. The fourth-order valence-corrected chi connectivity index (χ4v) is 2.47. The van der Waals surface area contributed by atoms with Gasteiger partial charge in [0.05, 0.1) is 12.7 Å². The van der Waals surface area contributed by atoms with Crippen LogP contribution in [0.15, 0.2) is 12.1 Å². The first kappa shape index (κ1) is 15.5. The van der Waals surface area contributed by atoms with Crippen molar-refractivity contribution in [3.05, 3.63) is 39.8 Å². The monoisotopic (exact) mass is 308 g/mol. The summed E-state index contributed by atoms with van der Waals surface area (Å²) in [6, 6.07) is 3.68. The second kappa shape index (κ2) is 6.28. The number of hydrogen-bond donors (Lipinski definition) is 1. The van der Waals surface area contributed by atoms with Crippen molar-refractivity contribution in [3.63, 3.8) is 0 Å². The number of ether oxygens (including phenoxy) is 2. The first-order valence-electron chi connectivity index (χ1n) is 6.41. The lowest BCUT2D eigenvalue weighted by Crippen LogP contribution is -2.05. The summed E-state index contributed by atoms with van der Waals surface area (Å²) in [6.45, 7) is 4.16. The number of benzene rings is 1. The van der Waals surface area contributed by atoms with Crippen molar-refractivity contribution in [1.82, 2.24) is 9.97 Å². The van der Waals surface area contributed by atoms with Gasteiger partial charge in [-0.2, -0.15) is 0 Å². The number of methoxy groups -OCH3 is 2. The third-order valence-corrected chi connectivity index (χ3v) is 3.50. The van der Waals surface area contributed by atoms with Gasteiger partial charge in [0.15, 0.2) is 0 Å². The molecule has 0 fully saturated rings. The van der Waals surface area contributed by atoms with E-state index >= 15 is 0 Å². The lowest BCUT2D eigenvalue weighted by molar-refractivity contribution is 0.0600. The van der Waals surface area contributed by atoms with Crippen molar-refractivity contribution in [3.8, 4) is 11.3 Å². The minimum absolute atomic E-state index is 0.342. The standard InChI is InChI=1S/C15H17ClN2O3/c1-8-5-9(2)11(15(19)21-4)6-10(8)13-14(16)18-12(17-13)7-20-3/h5-6H,7H2,1-4H3,(H,17,18). The number of hydrogen-bond acceptors (Lipinski definition) is 4. The van der Waals surface area contributed by atoms with E-state index in [2.05, 4.69) is 9.97 Å². The van der Waals surface area contributed by atoms with Crippen LogP contribution in [0.25, 0.3) is 11.3 Å². The molecule has 2 rings (SSSR count). The number of aryl methyl sites for hydroxylation is 2. The molecule has 2 aromatic rings. The lowest BCUT2D eigenvalue weighted by Gasteiger charge is -2.09. The maximum Gasteiger partial charge on any atom is 0.338 e. The van der Waals surface area contributed by atoms with Gasteiger partial charge in [-0.1, -0.05) is 17.7 Å². The summed E-state index contributed by atoms with van der Waals surface area (Å²) < 4.78 is 9.84. The average Bonchev–Trinajstić information content (AvgIpc) is 2.79. The molecular weight excluding hydrogens is 292 g/mol. The number of carbonyl (C=O) groups is 1. The number of nitrogens with zero attached hydrogens (tertiary/aromatic N) is 1. The zero-order valence-electron chi connectivity index (χ0n) is 12.4. The van der Waals surface area contributed by atoms with Gasteiger partial charge in [-0.15, -0.1) is 0 Å². The van der Waals surface area contributed by atoms with E-state index < -0.39 is 0 Å². The maximum absolute atomic E-state index is 11.8. The second-order valence-electron chi connectivity index (χ2n) is 4.75. The average molecular weight is 309 g/mol. The molecule has 5 nitrogen and oxygen atoms in total. The molecule has 1 heterocycles. The summed E-state index contributed by atoms with van der Waals surface area (Å²) in [5, 5.41) is 0.421. The Labute approximate surface area is 128 Å². The minimum atomic E-state index is -0.377. The molecule has 21 heavy (non-hydrogen) atoms. The molecule has 0 bridgehead atoms. The Morgan fingerprint density at radius 3 is 2.62 bits per heavy atom. The number of rotatable bonds is 4. The quantitative estimate of drug-likeness (QED) is 0.880. The predicted molar refractivity (Wildman–Crippen MR) is 80.6 cm³/mol. The molecule has 0 saturated carbocycles. The molecule has 1 aromatic heterocycles. The molecule has 0 radical (unpaired) electrons. The summed E-state index contributed by atoms with van der Waals surface area (Å²) in [6.07, 6.45) is 0. The summed E-state index contributed by atoms with van der Waals surface area (Å²) in [5.74, 6) is 0.259. The maximum atomic E-state index is 11.8. The minimum Gasteiger partial charge on any atom is -0.465 e. The highest BCUT2D eigenvalue weighted by atomic mass is 35.5. The van der Waals surface area contributed by atoms with E-state index in [-0.39, 0.29) is 5.97 Å². The van der Waals surface area contributed by atoms with Crippen molar-refractivity contribution in [2.24, 2.45) is 0 Å². The first-order chi connectivity index (χ1) is 9.97. The fourth-order valence-electron chi connectivity index (χ4n) is 2.22. The number of halogens is 1. The Hall–Kier alpha value is -1.85. The van der Waals surface area contributed by atoms with Gasteiger partial charge in [-0.25, -0.2) is 9.78 Å². The largest absolute Gasteiger partial charge is 0.465 e. The highest BCUT2D eigenvalue weighted by Gasteiger charge is 2.17. The number of esters is 1. The van der Waals surface area contributed by atoms with Gasteiger partial charge in [0, 0.05) is 12.7 Å². The Bertz CT molecular complexity index is 680. The number of aromatic amines is 1. The lowest BCUT2D eigenvalue weighted by atomic mass is 9.98. The summed E-state index contributed by atoms with van der Waals surface area (Å²) in [7, 11) is 2.95. The Morgan fingerprint density at radius 2 is 2.00 bits per heavy atom. The van der Waals surface area contributed by atoms with Crippen LogP contribution in [0.1, 0.15) is 27.3 Å². The van der Waals surface area contributed by atoms with Crippen LogP contribution >= 0.6 is 11.6 Å². The third-order valence-electron chi connectivity index (χ3n) is 3.22. The molecule has 0 amide bonds. The Morgan fingerprint density at radius 1 is 1.29 bits per heavy atom. The number of nitrogens with one attached hydrogen (secondary N) is 1. The van der Waals surface area contributed by atoms with Crippen LogP contribution in [0.4, 0.5) is 0 Å². The van der Waals surface area contributed by atoms with Gasteiger partial charge < -0.3 is 14.5 Å². The van der Waals surface area contributed by atoms with Crippen molar-refractivity contribution in [2.75, 3.05) is 14.2 Å². The van der Waals surface area contributed by atoms with Crippen molar-refractivity contribution in [1.29, 1.82) is 0 Å². The highest BCUT2D eigenvalue weighted by Crippen LogP contribution is 2.31. The van der Waals surface area contributed by atoms with E-state index in [1.54, 1.807) is 13.2 Å².